The quantitative estimate of drug-likeness (QED) is 0.810. The van der Waals surface area contributed by atoms with Gasteiger partial charge in [-0.25, -0.2) is 8.42 Å². The lowest BCUT2D eigenvalue weighted by molar-refractivity contribution is 0.250. The van der Waals surface area contributed by atoms with Crippen molar-refractivity contribution in [3.05, 3.63) is 0 Å². The monoisotopic (exact) mass is 275 g/mol. The van der Waals surface area contributed by atoms with Gasteiger partial charge >= 0.3 is 0 Å². The highest BCUT2D eigenvalue weighted by Gasteiger charge is 2.31. The molecule has 1 aliphatic carbocycles. The first-order valence-electron chi connectivity index (χ1n) is 7.23. The Morgan fingerprint density at radius 2 is 1.89 bits per heavy atom. The summed E-state index contributed by atoms with van der Waals surface area (Å²) in [5.41, 5.74) is 0. The molecular formula is C14H29NO2S. The molecule has 1 N–H and O–H groups in total. The minimum Gasteiger partial charge on any atom is -0.315 e. The molecule has 1 aliphatic rings. The van der Waals surface area contributed by atoms with Gasteiger partial charge in [0.25, 0.3) is 0 Å². The van der Waals surface area contributed by atoms with E-state index in [0.717, 1.165) is 32.2 Å². The van der Waals surface area contributed by atoms with Gasteiger partial charge in [-0.05, 0) is 37.6 Å². The van der Waals surface area contributed by atoms with Crippen molar-refractivity contribution in [2.75, 3.05) is 12.8 Å². The van der Waals surface area contributed by atoms with E-state index in [-0.39, 0.29) is 5.25 Å². The van der Waals surface area contributed by atoms with Crippen molar-refractivity contribution >= 4 is 9.84 Å². The van der Waals surface area contributed by atoms with Crippen LogP contribution in [0.25, 0.3) is 0 Å². The molecular weight excluding hydrogens is 246 g/mol. The largest absolute Gasteiger partial charge is 0.315 e. The van der Waals surface area contributed by atoms with Gasteiger partial charge in [-0.2, -0.15) is 0 Å². The van der Waals surface area contributed by atoms with Crippen LogP contribution >= 0.6 is 0 Å². The Bertz CT molecular complexity index is 338. The molecule has 0 amide bonds. The van der Waals surface area contributed by atoms with Gasteiger partial charge in [0.15, 0.2) is 0 Å². The molecule has 0 radical (unpaired) electrons. The summed E-state index contributed by atoms with van der Waals surface area (Å²) in [5.74, 6) is 1.22. The third-order valence-corrected chi connectivity index (χ3v) is 5.87. The van der Waals surface area contributed by atoms with Crippen molar-refractivity contribution in [1.82, 2.24) is 5.32 Å². The fourth-order valence-electron chi connectivity index (χ4n) is 2.92. The molecule has 4 heteroatoms. The van der Waals surface area contributed by atoms with E-state index in [2.05, 4.69) is 26.1 Å². The number of sulfone groups is 1. The Morgan fingerprint density at radius 3 is 2.44 bits per heavy atom. The van der Waals surface area contributed by atoms with Crippen LogP contribution in [-0.4, -0.2) is 32.5 Å². The minimum absolute atomic E-state index is 0.0863. The molecule has 3 unspecified atom stereocenters. The number of nitrogens with one attached hydrogen (secondary N) is 1. The second-order valence-electron chi connectivity index (χ2n) is 6.25. The second-order valence-corrected chi connectivity index (χ2v) is 8.58. The molecule has 0 aliphatic heterocycles. The number of rotatable bonds is 6. The van der Waals surface area contributed by atoms with E-state index < -0.39 is 9.84 Å². The molecule has 0 heterocycles. The zero-order valence-electron chi connectivity index (χ0n) is 12.3. The zero-order valence-corrected chi connectivity index (χ0v) is 13.1. The van der Waals surface area contributed by atoms with Crippen LogP contribution in [0.15, 0.2) is 0 Å². The highest BCUT2D eigenvalue weighted by atomic mass is 32.2. The molecule has 0 aromatic heterocycles. The van der Waals surface area contributed by atoms with Gasteiger partial charge < -0.3 is 5.32 Å². The zero-order chi connectivity index (χ0) is 13.8. The Labute approximate surface area is 113 Å². The van der Waals surface area contributed by atoms with Gasteiger partial charge in [0, 0.05) is 12.3 Å². The summed E-state index contributed by atoms with van der Waals surface area (Å²) < 4.78 is 23.3. The summed E-state index contributed by atoms with van der Waals surface area (Å²) >= 11 is 0. The molecule has 0 saturated heterocycles. The normalized spacial score (nSPS) is 27.4. The molecule has 18 heavy (non-hydrogen) atoms. The topological polar surface area (TPSA) is 46.2 Å². The second kappa shape index (κ2) is 6.90. The van der Waals surface area contributed by atoms with E-state index in [9.17, 15) is 8.42 Å². The van der Waals surface area contributed by atoms with Crippen LogP contribution in [0.2, 0.25) is 0 Å². The molecule has 0 aromatic carbocycles. The average molecular weight is 275 g/mol. The fourth-order valence-corrected chi connectivity index (χ4v) is 4.11. The van der Waals surface area contributed by atoms with E-state index in [0.29, 0.717) is 17.9 Å². The average Bonchev–Trinajstić information content (AvgIpc) is 2.27. The van der Waals surface area contributed by atoms with Crippen LogP contribution in [0.3, 0.4) is 0 Å². The van der Waals surface area contributed by atoms with E-state index in [1.165, 1.54) is 12.7 Å². The molecule has 1 saturated carbocycles. The van der Waals surface area contributed by atoms with E-state index in [4.69, 9.17) is 0 Å². The van der Waals surface area contributed by atoms with Gasteiger partial charge in [-0.15, -0.1) is 0 Å². The summed E-state index contributed by atoms with van der Waals surface area (Å²) in [4.78, 5) is 0. The van der Waals surface area contributed by atoms with Crippen LogP contribution < -0.4 is 5.32 Å². The molecule has 3 nitrogen and oxygen atoms in total. The molecule has 3 atom stereocenters. The summed E-state index contributed by atoms with van der Waals surface area (Å²) in [7, 11) is -2.84. The SMILES string of the molecule is CC(C)NCCC(C)C1CCCC(S(C)(=O)=O)C1. The van der Waals surface area contributed by atoms with Gasteiger partial charge in [0.1, 0.15) is 9.84 Å². The molecule has 0 bridgehead atoms. The van der Waals surface area contributed by atoms with Crippen molar-refractivity contribution in [2.45, 2.75) is 64.2 Å². The van der Waals surface area contributed by atoms with Crippen molar-refractivity contribution in [3.8, 4) is 0 Å². The van der Waals surface area contributed by atoms with Crippen LogP contribution in [0.4, 0.5) is 0 Å². The Balaban J connectivity index is 2.41. The number of hydrogen-bond donors (Lipinski definition) is 1. The summed E-state index contributed by atoms with van der Waals surface area (Å²) in [6.45, 7) is 7.63. The Morgan fingerprint density at radius 1 is 1.22 bits per heavy atom. The first-order valence-corrected chi connectivity index (χ1v) is 9.18. The highest BCUT2D eigenvalue weighted by Crippen LogP contribution is 2.34. The van der Waals surface area contributed by atoms with Crippen LogP contribution in [-0.2, 0) is 9.84 Å². The molecule has 1 rings (SSSR count). The number of hydrogen-bond acceptors (Lipinski definition) is 3. The fraction of sp³-hybridized carbons (Fsp3) is 1.00. The smallest absolute Gasteiger partial charge is 0.150 e. The predicted octanol–water partition coefficient (Wildman–Crippen LogP) is 2.61. The van der Waals surface area contributed by atoms with Crippen molar-refractivity contribution in [3.63, 3.8) is 0 Å². The lowest BCUT2D eigenvalue weighted by Gasteiger charge is -2.32. The molecule has 108 valence electrons. The Kier molecular flexibility index (Phi) is 6.12. The maximum atomic E-state index is 11.6. The highest BCUT2D eigenvalue weighted by molar-refractivity contribution is 7.91. The minimum atomic E-state index is -2.84. The van der Waals surface area contributed by atoms with Gasteiger partial charge in [0.05, 0.1) is 5.25 Å². The lowest BCUT2D eigenvalue weighted by atomic mass is 9.79. The van der Waals surface area contributed by atoms with Crippen molar-refractivity contribution < 1.29 is 8.42 Å². The first-order chi connectivity index (χ1) is 8.30. The van der Waals surface area contributed by atoms with E-state index in [1.54, 1.807) is 0 Å². The molecule has 0 aromatic rings. The third-order valence-electron chi connectivity index (χ3n) is 4.23. The van der Waals surface area contributed by atoms with Crippen LogP contribution in [0.5, 0.6) is 0 Å². The third kappa shape index (κ3) is 5.27. The standard InChI is InChI=1S/C14H29NO2S/c1-11(2)15-9-8-12(3)13-6-5-7-14(10-13)18(4,16)17/h11-15H,5-10H2,1-4H3. The maximum Gasteiger partial charge on any atom is 0.150 e. The summed E-state index contributed by atoms with van der Waals surface area (Å²) in [6, 6.07) is 0.535. The Hall–Kier alpha value is -0.0900. The maximum absolute atomic E-state index is 11.6. The van der Waals surface area contributed by atoms with E-state index in [1.807, 2.05) is 0 Å². The van der Waals surface area contributed by atoms with Gasteiger partial charge in [0.2, 0.25) is 0 Å². The van der Waals surface area contributed by atoms with Crippen LogP contribution in [0.1, 0.15) is 52.9 Å². The van der Waals surface area contributed by atoms with Crippen molar-refractivity contribution in [2.24, 2.45) is 11.8 Å². The summed E-state index contributed by atoms with van der Waals surface area (Å²) in [6.07, 6.45) is 6.57. The van der Waals surface area contributed by atoms with Crippen molar-refractivity contribution in [1.29, 1.82) is 0 Å². The molecule has 0 spiro atoms. The predicted molar refractivity (Wildman–Crippen MR) is 77.5 cm³/mol. The summed E-state index contributed by atoms with van der Waals surface area (Å²) in [5, 5.41) is 3.35. The van der Waals surface area contributed by atoms with Gasteiger partial charge in [-0.3, -0.25) is 0 Å². The van der Waals surface area contributed by atoms with E-state index >= 15 is 0 Å². The first kappa shape index (κ1) is 16.0. The molecule has 1 fully saturated rings. The van der Waals surface area contributed by atoms with Crippen LogP contribution in [0, 0.1) is 11.8 Å². The van der Waals surface area contributed by atoms with Gasteiger partial charge in [-0.1, -0.05) is 33.6 Å². The lowest BCUT2D eigenvalue weighted by Crippen LogP contribution is -2.32.